The predicted molar refractivity (Wildman–Crippen MR) is 105 cm³/mol. The minimum Gasteiger partial charge on any atom is -0.377 e. The Hall–Kier alpha value is -2.77. The van der Waals surface area contributed by atoms with Crippen LogP contribution in [0.5, 0.6) is 0 Å². The third-order valence-corrected chi connectivity index (χ3v) is 5.40. The molecule has 13 heteroatoms. The number of pyridine rings is 2. The summed E-state index contributed by atoms with van der Waals surface area (Å²) in [6, 6.07) is 3.01. The Morgan fingerprint density at radius 2 is 2.03 bits per heavy atom. The number of nitrogens with one attached hydrogen (secondary N) is 1. The highest BCUT2D eigenvalue weighted by Crippen LogP contribution is 2.32. The minimum atomic E-state index is -4.70. The van der Waals surface area contributed by atoms with Gasteiger partial charge in [-0.1, -0.05) is 0 Å². The normalized spacial score (nSPS) is 17.8. The molecule has 0 saturated carbocycles. The number of hydrogen-bond donors (Lipinski definition) is 2. The second-order valence-electron chi connectivity index (χ2n) is 6.93. The molecule has 0 aromatic carbocycles. The van der Waals surface area contributed by atoms with E-state index in [9.17, 15) is 26.4 Å². The highest BCUT2D eigenvalue weighted by Gasteiger charge is 2.33. The van der Waals surface area contributed by atoms with Crippen LogP contribution in [0.2, 0.25) is 0 Å². The number of carbonyl (C=O) groups excluding carboxylic acids is 1. The number of anilines is 2. The quantitative estimate of drug-likeness (QED) is 0.716. The predicted octanol–water partition coefficient (Wildman–Crippen LogP) is 2.01. The summed E-state index contributed by atoms with van der Waals surface area (Å²) in [5.74, 6) is -0.817. The molecule has 3 rings (SSSR count). The standard InChI is InChI=1S/C18H20F3N5O4S/c1-11-3-5-26(6-7-30-11)16-14(8-12(10-24-16)18(19,20)21)17(27)25-13-2-4-23-15(9-13)31(22,28)29/h2,4,8-11H,3,5-7H2,1H3,(H2,22,28,29)(H,23,25,27)/t11-/m0/s1. The van der Waals surface area contributed by atoms with Crippen LogP contribution in [0, 0.1) is 0 Å². The molecule has 1 fully saturated rings. The number of hydrogen-bond acceptors (Lipinski definition) is 7. The van der Waals surface area contributed by atoms with Crippen LogP contribution in [-0.2, 0) is 20.9 Å². The van der Waals surface area contributed by atoms with Crippen molar-refractivity contribution in [3.05, 3.63) is 41.7 Å². The Morgan fingerprint density at radius 1 is 1.29 bits per heavy atom. The van der Waals surface area contributed by atoms with Crippen LogP contribution in [0.3, 0.4) is 0 Å². The van der Waals surface area contributed by atoms with Gasteiger partial charge in [0.05, 0.1) is 23.8 Å². The zero-order valence-electron chi connectivity index (χ0n) is 16.4. The zero-order chi connectivity index (χ0) is 22.8. The third kappa shape index (κ3) is 5.68. The van der Waals surface area contributed by atoms with Crippen LogP contribution in [0.25, 0.3) is 0 Å². The van der Waals surface area contributed by atoms with Gasteiger partial charge in [0, 0.05) is 37.2 Å². The lowest BCUT2D eigenvalue weighted by Gasteiger charge is -2.24. The van der Waals surface area contributed by atoms with Crippen LogP contribution < -0.4 is 15.4 Å². The van der Waals surface area contributed by atoms with Crippen molar-refractivity contribution in [2.75, 3.05) is 29.9 Å². The van der Waals surface area contributed by atoms with Crippen LogP contribution in [-0.4, -0.2) is 50.1 Å². The maximum Gasteiger partial charge on any atom is 0.417 e. The van der Waals surface area contributed by atoms with Gasteiger partial charge < -0.3 is 15.0 Å². The first-order valence-electron chi connectivity index (χ1n) is 9.19. The number of nitrogens with two attached hydrogens (primary N) is 1. The monoisotopic (exact) mass is 459 g/mol. The Morgan fingerprint density at radius 3 is 2.71 bits per heavy atom. The smallest absolute Gasteiger partial charge is 0.377 e. The molecule has 0 aliphatic carbocycles. The summed E-state index contributed by atoms with van der Waals surface area (Å²) in [5.41, 5.74) is -1.39. The second kappa shape index (κ2) is 8.77. The average molecular weight is 459 g/mol. The molecule has 1 aliphatic rings. The number of carbonyl (C=O) groups is 1. The summed E-state index contributed by atoms with van der Waals surface area (Å²) in [6.07, 6.45) is -2.36. The number of alkyl halides is 3. The number of aromatic nitrogens is 2. The van der Waals surface area contributed by atoms with Crippen molar-refractivity contribution >= 4 is 27.4 Å². The van der Waals surface area contributed by atoms with Gasteiger partial charge >= 0.3 is 6.18 Å². The van der Waals surface area contributed by atoms with Crippen molar-refractivity contribution in [3.8, 4) is 0 Å². The van der Waals surface area contributed by atoms with Gasteiger partial charge in [-0.2, -0.15) is 13.2 Å². The van der Waals surface area contributed by atoms with Gasteiger partial charge in [-0.3, -0.25) is 4.79 Å². The molecule has 31 heavy (non-hydrogen) atoms. The molecule has 1 aliphatic heterocycles. The first-order valence-corrected chi connectivity index (χ1v) is 10.7. The van der Waals surface area contributed by atoms with E-state index in [1.807, 2.05) is 6.92 Å². The van der Waals surface area contributed by atoms with Crippen molar-refractivity contribution in [2.24, 2.45) is 5.14 Å². The molecule has 3 N–H and O–H groups in total. The van der Waals surface area contributed by atoms with Gasteiger partial charge in [-0.25, -0.2) is 23.5 Å². The molecule has 1 amide bonds. The molecule has 0 unspecified atom stereocenters. The summed E-state index contributed by atoms with van der Waals surface area (Å²) in [5, 5.41) is 6.92. The Balaban J connectivity index is 1.98. The summed E-state index contributed by atoms with van der Waals surface area (Å²) in [6.45, 7) is 2.98. The van der Waals surface area contributed by atoms with Gasteiger partial charge in [0.2, 0.25) is 0 Å². The topological polar surface area (TPSA) is 128 Å². The number of halogens is 3. The van der Waals surface area contributed by atoms with Crippen molar-refractivity contribution in [3.63, 3.8) is 0 Å². The number of sulfonamides is 1. The second-order valence-corrected chi connectivity index (χ2v) is 8.44. The summed E-state index contributed by atoms with van der Waals surface area (Å²) >= 11 is 0. The van der Waals surface area contributed by atoms with Gasteiger partial charge in [0.25, 0.3) is 15.9 Å². The molecule has 2 aromatic rings. The first kappa shape index (κ1) is 22.9. The fourth-order valence-electron chi connectivity index (χ4n) is 2.98. The lowest BCUT2D eigenvalue weighted by molar-refractivity contribution is -0.137. The fraction of sp³-hybridized carbons (Fsp3) is 0.389. The lowest BCUT2D eigenvalue weighted by atomic mass is 10.1. The van der Waals surface area contributed by atoms with Crippen molar-refractivity contribution in [1.29, 1.82) is 0 Å². The van der Waals surface area contributed by atoms with Crippen LogP contribution in [0.4, 0.5) is 24.7 Å². The lowest BCUT2D eigenvalue weighted by Crippen LogP contribution is -2.30. The van der Waals surface area contributed by atoms with Crippen LogP contribution in [0.1, 0.15) is 29.3 Å². The van der Waals surface area contributed by atoms with E-state index < -0.39 is 32.7 Å². The van der Waals surface area contributed by atoms with E-state index in [1.165, 1.54) is 6.07 Å². The molecule has 0 radical (unpaired) electrons. The summed E-state index contributed by atoms with van der Waals surface area (Å²) in [7, 11) is -4.13. The highest BCUT2D eigenvalue weighted by atomic mass is 32.2. The van der Waals surface area contributed by atoms with Crippen molar-refractivity contribution in [1.82, 2.24) is 9.97 Å². The van der Waals surface area contributed by atoms with Gasteiger partial charge in [0.1, 0.15) is 5.82 Å². The maximum absolute atomic E-state index is 13.2. The SMILES string of the molecule is C[C@H]1CCN(c2ncc(C(F)(F)F)cc2C(=O)Nc2ccnc(S(N)(=O)=O)c2)CCO1. The molecular weight excluding hydrogens is 439 g/mol. The van der Waals surface area contributed by atoms with Crippen LogP contribution >= 0.6 is 0 Å². The third-order valence-electron chi connectivity index (χ3n) is 4.59. The number of ether oxygens (including phenoxy) is 1. The molecular formula is C18H20F3N5O4S. The number of primary sulfonamides is 1. The van der Waals surface area contributed by atoms with E-state index in [4.69, 9.17) is 9.88 Å². The van der Waals surface area contributed by atoms with Gasteiger partial charge in [-0.05, 0) is 25.5 Å². The fourth-order valence-corrected chi connectivity index (χ4v) is 3.48. The average Bonchev–Trinajstić information content (AvgIpc) is 2.91. The Labute approximate surface area is 176 Å². The Kier molecular flexibility index (Phi) is 6.48. The highest BCUT2D eigenvalue weighted by molar-refractivity contribution is 7.89. The van der Waals surface area contributed by atoms with Crippen molar-refractivity contribution in [2.45, 2.75) is 30.7 Å². The first-order chi connectivity index (χ1) is 14.4. The maximum atomic E-state index is 13.2. The van der Waals surface area contributed by atoms with E-state index in [-0.39, 0.29) is 23.2 Å². The van der Waals surface area contributed by atoms with Crippen molar-refractivity contribution < 1.29 is 31.1 Å². The summed E-state index contributed by atoms with van der Waals surface area (Å²) < 4.78 is 68.2. The minimum absolute atomic E-state index is 0.000193. The Bertz CT molecular complexity index is 1080. The molecule has 168 valence electrons. The number of rotatable bonds is 4. The molecule has 9 nitrogen and oxygen atoms in total. The van der Waals surface area contributed by atoms with E-state index in [2.05, 4.69) is 15.3 Å². The van der Waals surface area contributed by atoms with Crippen LogP contribution in [0.15, 0.2) is 35.6 Å². The molecule has 1 saturated heterocycles. The summed E-state index contributed by atoms with van der Waals surface area (Å²) in [4.78, 5) is 22.1. The molecule has 3 heterocycles. The van der Waals surface area contributed by atoms with Gasteiger partial charge in [0.15, 0.2) is 5.03 Å². The molecule has 0 bridgehead atoms. The molecule has 1 atom stereocenters. The molecule has 2 aromatic heterocycles. The largest absolute Gasteiger partial charge is 0.417 e. The van der Waals surface area contributed by atoms with E-state index in [0.29, 0.717) is 38.4 Å². The zero-order valence-corrected chi connectivity index (χ0v) is 17.2. The van der Waals surface area contributed by atoms with E-state index >= 15 is 0 Å². The molecule has 0 spiro atoms. The number of nitrogens with zero attached hydrogens (tertiary/aromatic N) is 3. The van der Waals surface area contributed by atoms with E-state index in [1.54, 1.807) is 4.90 Å². The van der Waals surface area contributed by atoms with E-state index in [0.717, 1.165) is 12.3 Å². The number of amides is 1. The van der Waals surface area contributed by atoms with Gasteiger partial charge in [-0.15, -0.1) is 0 Å².